The predicted molar refractivity (Wildman–Crippen MR) is 78.9 cm³/mol. The van der Waals surface area contributed by atoms with Crippen LogP contribution in [0.3, 0.4) is 0 Å². The van der Waals surface area contributed by atoms with Crippen LogP contribution in [-0.4, -0.2) is 51.1 Å². The monoisotopic (exact) mass is 296 g/mol. The number of aromatic nitrogens is 2. The van der Waals surface area contributed by atoms with Crippen LogP contribution in [0.4, 0.5) is 4.79 Å². The standard InChI is InChI=1S/C14H24N4O3/c1-9(2)5-10(3)18(4)14(21)17-12(13(19)20)6-11-7-15-8-16-11/h7-10,12H,5-6H2,1-4H3,(H,15,16)(H,17,21)(H,19,20)/t10?,12-/m1/s1. The third-order valence-corrected chi connectivity index (χ3v) is 3.37. The minimum absolute atomic E-state index is 0.0478. The van der Waals surface area contributed by atoms with Crippen molar-refractivity contribution >= 4 is 12.0 Å². The normalized spacial score (nSPS) is 13.8. The molecule has 3 N–H and O–H groups in total. The molecule has 2 atom stereocenters. The van der Waals surface area contributed by atoms with E-state index in [0.29, 0.717) is 11.6 Å². The Kier molecular flexibility index (Phi) is 6.20. The fourth-order valence-corrected chi connectivity index (χ4v) is 2.11. The molecule has 7 nitrogen and oxygen atoms in total. The van der Waals surface area contributed by atoms with Gasteiger partial charge in [0.15, 0.2) is 0 Å². The Morgan fingerprint density at radius 1 is 1.43 bits per heavy atom. The summed E-state index contributed by atoms with van der Waals surface area (Å²) in [7, 11) is 1.68. The molecule has 0 fully saturated rings. The van der Waals surface area contributed by atoms with Gasteiger partial charge in [-0.3, -0.25) is 0 Å². The van der Waals surface area contributed by atoms with Crippen LogP contribution >= 0.6 is 0 Å². The molecule has 1 aromatic heterocycles. The first-order valence-corrected chi connectivity index (χ1v) is 7.04. The molecule has 0 spiro atoms. The molecule has 1 aromatic rings. The quantitative estimate of drug-likeness (QED) is 0.709. The van der Waals surface area contributed by atoms with Gasteiger partial charge < -0.3 is 20.3 Å². The summed E-state index contributed by atoms with van der Waals surface area (Å²) < 4.78 is 0. The van der Waals surface area contributed by atoms with E-state index >= 15 is 0 Å². The number of carboxylic acid groups (broad SMARTS) is 1. The van der Waals surface area contributed by atoms with Gasteiger partial charge in [0.1, 0.15) is 6.04 Å². The fraction of sp³-hybridized carbons (Fsp3) is 0.643. The van der Waals surface area contributed by atoms with Crippen LogP contribution in [-0.2, 0) is 11.2 Å². The van der Waals surface area contributed by atoms with Crippen LogP contribution in [0, 0.1) is 5.92 Å². The zero-order chi connectivity index (χ0) is 16.0. The molecule has 7 heteroatoms. The third kappa shape index (κ3) is 5.45. The highest BCUT2D eigenvalue weighted by atomic mass is 16.4. The Morgan fingerprint density at radius 2 is 2.10 bits per heavy atom. The molecular weight excluding hydrogens is 272 g/mol. The molecule has 1 unspecified atom stereocenters. The van der Waals surface area contributed by atoms with E-state index in [2.05, 4.69) is 29.1 Å². The van der Waals surface area contributed by atoms with Gasteiger partial charge in [-0.05, 0) is 19.3 Å². The van der Waals surface area contributed by atoms with E-state index in [1.54, 1.807) is 18.1 Å². The lowest BCUT2D eigenvalue weighted by molar-refractivity contribution is -0.139. The molecule has 0 saturated heterocycles. The number of carbonyl (C=O) groups excluding carboxylic acids is 1. The molecule has 0 aliphatic carbocycles. The van der Waals surface area contributed by atoms with E-state index in [1.807, 2.05) is 6.92 Å². The summed E-state index contributed by atoms with van der Waals surface area (Å²) in [6.45, 7) is 6.12. The molecule has 0 saturated carbocycles. The minimum Gasteiger partial charge on any atom is -0.480 e. The predicted octanol–water partition coefficient (Wildman–Crippen LogP) is 1.48. The van der Waals surface area contributed by atoms with Gasteiger partial charge in [-0.25, -0.2) is 14.6 Å². The summed E-state index contributed by atoms with van der Waals surface area (Å²) in [6, 6.07) is -1.31. The van der Waals surface area contributed by atoms with E-state index in [1.165, 1.54) is 6.33 Å². The van der Waals surface area contributed by atoms with Gasteiger partial charge in [0.05, 0.1) is 6.33 Å². The molecule has 0 bridgehead atoms. The molecule has 1 rings (SSSR count). The Morgan fingerprint density at radius 3 is 2.57 bits per heavy atom. The fourth-order valence-electron chi connectivity index (χ4n) is 2.11. The first-order valence-electron chi connectivity index (χ1n) is 7.04. The van der Waals surface area contributed by atoms with Crippen LogP contribution in [0.5, 0.6) is 0 Å². The van der Waals surface area contributed by atoms with Crippen molar-refractivity contribution in [2.24, 2.45) is 5.92 Å². The second-order valence-electron chi connectivity index (χ2n) is 5.71. The number of urea groups is 1. The van der Waals surface area contributed by atoms with Crippen molar-refractivity contribution in [1.82, 2.24) is 20.2 Å². The summed E-state index contributed by atoms with van der Waals surface area (Å²) in [5.74, 6) is -0.599. The highest BCUT2D eigenvalue weighted by Crippen LogP contribution is 2.10. The van der Waals surface area contributed by atoms with Crippen molar-refractivity contribution in [2.75, 3.05) is 7.05 Å². The van der Waals surface area contributed by atoms with Gasteiger partial charge in [-0.1, -0.05) is 13.8 Å². The average Bonchev–Trinajstić information content (AvgIpc) is 2.88. The Bertz CT molecular complexity index is 459. The Labute approximate surface area is 124 Å². The maximum absolute atomic E-state index is 12.1. The maximum Gasteiger partial charge on any atom is 0.326 e. The molecule has 0 aromatic carbocycles. The number of nitrogens with zero attached hydrogens (tertiary/aromatic N) is 2. The smallest absolute Gasteiger partial charge is 0.326 e. The van der Waals surface area contributed by atoms with Crippen molar-refractivity contribution in [3.8, 4) is 0 Å². The van der Waals surface area contributed by atoms with Gasteiger partial charge in [-0.2, -0.15) is 0 Å². The number of hydrogen-bond acceptors (Lipinski definition) is 3. The van der Waals surface area contributed by atoms with E-state index in [9.17, 15) is 14.7 Å². The SMILES string of the molecule is CC(C)CC(C)N(C)C(=O)N[C@H](Cc1cnc[nH]1)C(=O)O. The molecule has 0 radical (unpaired) electrons. The van der Waals surface area contributed by atoms with Crippen molar-refractivity contribution in [1.29, 1.82) is 0 Å². The highest BCUT2D eigenvalue weighted by molar-refractivity contribution is 5.82. The summed E-state index contributed by atoms with van der Waals surface area (Å²) >= 11 is 0. The van der Waals surface area contributed by atoms with Crippen LogP contribution in [0.25, 0.3) is 0 Å². The number of amides is 2. The maximum atomic E-state index is 12.1. The van der Waals surface area contributed by atoms with Crippen molar-refractivity contribution in [3.05, 3.63) is 18.2 Å². The summed E-state index contributed by atoms with van der Waals surface area (Å²) in [5.41, 5.74) is 0.667. The van der Waals surface area contributed by atoms with Crippen LogP contribution in [0.1, 0.15) is 32.9 Å². The molecule has 0 aliphatic heterocycles. The second-order valence-corrected chi connectivity index (χ2v) is 5.71. The molecular formula is C14H24N4O3. The molecule has 0 aliphatic rings. The highest BCUT2D eigenvalue weighted by Gasteiger charge is 2.24. The topological polar surface area (TPSA) is 98.3 Å². The number of imidazole rings is 1. The van der Waals surface area contributed by atoms with Crippen LogP contribution in [0.2, 0.25) is 0 Å². The number of carbonyl (C=O) groups is 2. The minimum atomic E-state index is -1.07. The summed E-state index contributed by atoms with van der Waals surface area (Å²) in [6.07, 6.45) is 4.07. The van der Waals surface area contributed by atoms with E-state index in [4.69, 9.17) is 0 Å². The first kappa shape index (κ1) is 17.0. The van der Waals surface area contributed by atoms with Gasteiger partial charge in [0.2, 0.25) is 0 Å². The van der Waals surface area contributed by atoms with Gasteiger partial charge in [-0.15, -0.1) is 0 Å². The van der Waals surface area contributed by atoms with Crippen molar-refractivity contribution in [3.63, 3.8) is 0 Å². The molecule has 1 heterocycles. The zero-order valence-electron chi connectivity index (χ0n) is 13.0. The van der Waals surface area contributed by atoms with E-state index in [-0.39, 0.29) is 18.5 Å². The van der Waals surface area contributed by atoms with E-state index in [0.717, 1.165) is 6.42 Å². The number of rotatable bonds is 7. The zero-order valence-corrected chi connectivity index (χ0v) is 13.0. The lowest BCUT2D eigenvalue weighted by atomic mass is 10.0. The molecule has 2 amide bonds. The van der Waals surface area contributed by atoms with Gasteiger partial charge in [0.25, 0.3) is 0 Å². The number of H-pyrrole nitrogens is 1. The van der Waals surface area contributed by atoms with E-state index < -0.39 is 12.0 Å². The third-order valence-electron chi connectivity index (χ3n) is 3.37. The number of hydrogen-bond donors (Lipinski definition) is 3. The number of aromatic amines is 1. The van der Waals surface area contributed by atoms with Crippen molar-refractivity contribution < 1.29 is 14.7 Å². The second kappa shape index (κ2) is 7.66. The number of nitrogens with one attached hydrogen (secondary N) is 2. The first-order chi connectivity index (χ1) is 9.81. The largest absolute Gasteiger partial charge is 0.480 e. The van der Waals surface area contributed by atoms with Gasteiger partial charge in [0, 0.05) is 31.4 Å². The Balaban J connectivity index is 2.61. The molecule has 21 heavy (non-hydrogen) atoms. The number of aliphatic carboxylic acids is 1. The molecule has 118 valence electrons. The lowest BCUT2D eigenvalue weighted by Gasteiger charge is -2.28. The number of carboxylic acids is 1. The summed E-state index contributed by atoms with van der Waals surface area (Å²) in [4.78, 5) is 31.6. The average molecular weight is 296 g/mol. The summed E-state index contributed by atoms with van der Waals surface area (Å²) in [5, 5.41) is 11.8. The van der Waals surface area contributed by atoms with Crippen LogP contribution in [0.15, 0.2) is 12.5 Å². The van der Waals surface area contributed by atoms with Crippen LogP contribution < -0.4 is 5.32 Å². The lowest BCUT2D eigenvalue weighted by Crippen LogP contribution is -2.50. The Hall–Kier alpha value is -2.05. The van der Waals surface area contributed by atoms with Gasteiger partial charge >= 0.3 is 12.0 Å². The van der Waals surface area contributed by atoms with Crippen molar-refractivity contribution in [2.45, 2.75) is 45.7 Å².